The molecule has 1 heterocycles. The number of likely N-dealkylation sites (tertiary alicyclic amines) is 1. The minimum atomic E-state index is -0.834. The van der Waals surface area contributed by atoms with Crippen molar-refractivity contribution >= 4 is 23.3 Å². The minimum absolute atomic E-state index is 0.0609. The maximum absolute atomic E-state index is 13.2. The highest BCUT2D eigenvalue weighted by Gasteiger charge is 2.45. The molecule has 2 amide bonds. The minimum Gasteiger partial charge on any atom is -0.392 e. The van der Waals surface area contributed by atoms with E-state index in [1.807, 2.05) is 57.3 Å². The molecule has 0 bridgehead atoms. The summed E-state index contributed by atoms with van der Waals surface area (Å²) >= 11 is 0. The zero-order valence-corrected chi connectivity index (χ0v) is 31.2. The molecule has 2 aromatic rings. The molecule has 51 heavy (non-hydrogen) atoms. The van der Waals surface area contributed by atoms with Gasteiger partial charge >= 0.3 is 0 Å². The van der Waals surface area contributed by atoms with Gasteiger partial charge in [-0.1, -0.05) is 59.7 Å². The van der Waals surface area contributed by atoms with E-state index in [2.05, 4.69) is 66.7 Å². The number of nitriles is 1. The number of aliphatic imine (C=N–C) groups is 1. The molecule has 5 rings (SSSR count). The second-order valence-electron chi connectivity index (χ2n) is 13.9. The van der Waals surface area contributed by atoms with Gasteiger partial charge in [-0.25, -0.2) is 4.99 Å². The fraction of sp³-hybridized carbons (Fsp3) is 0.429. The first kappa shape index (κ1) is 38.9. The predicted octanol–water partition coefficient (Wildman–Crippen LogP) is 6.44. The van der Waals surface area contributed by atoms with Crippen LogP contribution in [0.5, 0.6) is 0 Å². The zero-order chi connectivity index (χ0) is 37.1. The van der Waals surface area contributed by atoms with Crippen molar-refractivity contribution < 1.29 is 9.59 Å². The van der Waals surface area contributed by atoms with Crippen LogP contribution < -0.4 is 21.7 Å². The Morgan fingerprint density at radius 1 is 1.10 bits per heavy atom. The number of aryl methyl sites for hydroxylation is 2. The molecule has 270 valence electrons. The average molecular weight is 690 g/mol. The van der Waals surface area contributed by atoms with Gasteiger partial charge in [0.15, 0.2) is 0 Å². The fourth-order valence-corrected chi connectivity index (χ4v) is 7.19. The monoisotopic (exact) mass is 689 g/mol. The van der Waals surface area contributed by atoms with Gasteiger partial charge < -0.3 is 26.6 Å². The highest BCUT2D eigenvalue weighted by atomic mass is 16.2. The van der Waals surface area contributed by atoms with Crippen molar-refractivity contribution in [2.45, 2.75) is 90.1 Å². The molecule has 1 saturated heterocycles. The largest absolute Gasteiger partial charge is 0.392 e. The van der Waals surface area contributed by atoms with Crippen molar-refractivity contribution in [2.75, 3.05) is 27.2 Å². The molecular weight excluding hydrogens is 635 g/mol. The van der Waals surface area contributed by atoms with E-state index in [1.54, 1.807) is 11.9 Å². The molecule has 2 aliphatic carbocycles. The number of hydrogen-bond acceptors (Lipinski definition) is 6. The van der Waals surface area contributed by atoms with Crippen LogP contribution in [-0.2, 0) is 16.6 Å². The van der Waals surface area contributed by atoms with E-state index < -0.39 is 5.41 Å². The number of benzene rings is 2. The van der Waals surface area contributed by atoms with Crippen molar-refractivity contribution in [3.63, 3.8) is 0 Å². The summed E-state index contributed by atoms with van der Waals surface area (Å²) in [6, 6.07) is 15.8. The number of allylic oxidation sites excluding steroid dienone is 6. The van der Waals surface area contributed by atoms with Crippen LogP contribution in [0.15, 0.2) is 94.7 Å². The maximum Gasteiger partial charge on any atom is 0.251 e. The molecule has 0 aromatic heterocycles. The first-order valence-corrected chi connectivity index (χ1v) is 18.0. The summed E-state index contributed by atoms with van der Waals surface area (Å²) in [6.07, 6.45) is 12.2. The van der Waals surface area contributed by atoms with Crippen molar-refractivity contribution in [3.05, 3.63) is 112 Å². The summed E-state index contributed by atoms with van der Waals surface area (Å²) in [5.41, 5.74) is 15.8. The topological polar surface area (TPSA) is 136 Å². The summed E-state index contributed by atoms with van der Waals surface area (Å²) in [5, 5.41) is 18.6. The van der Waals surface area contributed by atoms with Crippen LogP contribution in [0.3, 0.4) is 0 Å². The molecule has 1 aliphatic heterocycles. The molecule has 3 atom stereocenters. The summed E-state index contributed by atoms with van der Waals surface area (Å²) < 4.78 is 0. The number of amides is 2. The second kappa shape index (κ2) is 17.8. The van der Waals surface area contributed by atoms with Crippen LogP contribution in [0.2, 0.25) is 0 Å². The van der Waals surface area contributed by atoms with Gasteiger partial charge in [0.05, 0.1) is 23.7 Å². The smallest absolute Gasteiger partial charge is 0.251 e. The summed E-state index contributed by atoms with van der Waals surface area (Å²) in [6.45, 7) is 12.5. The third kappa shape index (κ3) is 9.44. The molecule has 0 spiro atoms. The number of carbonyl (C=O) groups excluding carboxylic acids is 2. The van der Waals surface area contributed by atoms with Crippen molar-refractivity contribution in [1.82, 2.24) is 20.9 Å². The standard InChI is InChI=1S/C38H46N6O2.C4H9N/c1-25-7-5-8-28-13-14-29-21-30(36(46)41-4)15-19-34(29)38(33(28)18-12-25,37(40)43-31-16-10-26(2)11-17-31)22-27(3)42-24-35(45)44-20-6-9-32(44)23-39;1-4(2)5-3/h7,10-12,15-19,21,27,32,42H,5-6,8-9,13-14,20,22,24H2,1-4H3,(H2,40,43)(H,41,46);5H,1H2,2-3H3/b18-12-,25-7-;. The van der Waals surface area contributed by atoms with E-state index >= 15 is 0 Å². The van der Waals surface area contributed by atoms with E-state index in [-0.39, 0.29) is 30.4 Å². The van der Waals surface area contributed by atoms with E-state index in [0.29, 0.717) is 24.4 Å². The number of nitrogens with two attached hydrogens (primary N) is 1. The van der Waals surface area contributed by atoms with E-state index in [1.165, 1.54) is 11.1 Å². The quantitative estimate of drug-likeness (QED) is 0.177. The molecule has 3 aliphatic rings. The highest BCUT2D eigenvalue weighted by molar-refractivity contribution is 5.99. The summed E-state index contributed by atoms with van der Waals surface area (Å²) in [7, 11) is 3.50. The second-order valence-corrected chi connectivity index (χ2v) is 13.9. The van der Waals surface area contributed by atoms with Crippen molar-refractivity contribution in [2.24, 2.45) is 10.7 Å². The third-order valence-corrected chi connectivity index (χ3v) is 10.1. The van der Waals surface area contributed by atoms with Crippen LogP contribution in [0.25, 0.3) is 0 Å². The number of nitrogens with zero attached hydrogens (tertiary/aromatic N) is 3. The SMILES string of the molecule is C=C(C)NC.CNC(=O)c1ccc2c(c1)CCC1=C(/C=C\C(C)=C/CC1)C2(CC(C)NCC(=O)N1CCCC1C#N)C(N)=Nc1ccc(C)cc1. The lowest BCUT2D eigenvalue weighted by molar-refractivity contribution is -0.130. The highest BCUT2D eigenvalue weighted by Crippen LogP contribution is 2.47. The molecule has 1 fully saturated rings. The van der Waals surface area contributed by atoms with Gasteiger partial charge in [0.1, 0.15) is 11.9 Å². The van der Waals surface area contributed by atoms with Crippen molar-refractivity contribution in [1.29, 1.82) is 5.26 Å². The lowest BCUT2D eigenvalue weighted by atomic mass is 9.66. The average Bonchev–Trinajstić information content (AvgIpc) is 3.56. The van der Waals surface area contributed by atoms with Gasteiger partial charge in [0.25, 0.3) is 5.91 Å². The Hall–Kier alpha value is -4.94. The molecule has 0 saturated carbocycles. The lowest BCUT2D eigenvalue weighted by Crippen LogP contribution is -2.49. The molecule has 9 nitrogen and oxygen atoms in total. The lowest BCUT2D eigenvalue weighted by Gasteiger charge is -2.39. The normalized spacial score (nSPS) is 22.2. The molecule has 2 aromatic carbocycles. The molecule has 5 N–H and O–H groups in total. The summed E-state index contributed by atoms with van der Waals surface area (Å²) in [5.74, 6) is 0.293. The predicted molar refractivity (Wildman–Crippen MR) is 208 cm³/mol. The fourth-order valence-electron chi connectivity index (χ4n) is 7.19. The molecular formula is C42H55N7O2. The van der Waals surface area contributed by atoms with Gasteiger partial charge in [0, 0.05) is 32.2 Å². The first-order chi connectivity index (χ1) is 24.4. The Morgan fingerprint density at radius 2 is 1.82 bits per heavy atom. The number of fused-ring (bicyclic) bond motifs is 1. The maximum atomic E-state index is 13.2. The van der Waals surface area contributed by atoms with E-state index in [9.17, 15) is 14.9 Å². The van der Waals surface area contributed by atoms with Gasteiger partial charge in [0.2, 0.25) is 5.91 Å². The van der Waals surface area contributed by atoms with Crippen LogP contribution >= 0.6 is 0 Å². The van der Waals surface area contributed by atoms with Gasteiger partial charge in [-0.05, 0) is 119 Å². The number of amidine groups is 1. The van der Waals surface area contributed by atoms with Crippen LogP contribution in [0, 0.1) is 18.3 Å². The van der Waals surface area contributed by atoms with Crippen LogP contribution in [-0.4, -0.2) is 61.8 Å². The van der Waals surface area contributed by atoms with Gasteiger partial charge in [-0.2, -0.15) is 5.26 Å². The number of hydrogen-bond donors (Lipinski definition) is 4. The third-order valence-electron chi connectivity index (χ3n) is 10.1. The molecule has 3 unspecified atom stereocenters. The first-order valence-electron chi connectivity index (χ1n) is 18.0. The van der Waals surface area contributed by atoms with Crippen LogP contribution in [0.1, 0.15) is 86.3 Å². The zero-order valence-electron chi connectivity index (χ0n) is 31.2. The summed E-state index contributed by atoms with van der Waals surface area (Å²) in [4.78, 5) is 32.8. The van der Waals surface area contributed by atoms with Crippen molar-refractivity contribution in [3.8, 4) is 6.07 Å². The Bertz CT molecular complexity index is 1760. The Morgan fingerprint density at radius 3 is 2.49 bits per heavy atom. The van der Waals surface area contributed by atoms with E-state index in [4.69, 9.17) is 10.7 Å². The van der Waals surface area contributed by atoms with Crippen LogP contribution in [0.4, 0.5) is 5.69 Å². The van der Waals surface area contributed by atoms with Gasteiger partial charge in [-0.3, -0.25) is 9.59 Å². The number of nitrogens with one attached hydrogen (secondary N) is 3. The number of carbonyl (C=O) groups is 2. The Labute approximate surface area is 304 Å². The van der Waals surface area contributed by atoms with E-state index in [0.717, 1.165) is 72.2 Å². The molecule has 9 heteroatoms. The van der Waals surface area contributed by atoms with Gasteiger partial charge in [-0.15, -0.1) is 0 Å². The molecule has 0 radical (unpaired) electrons. The number of rotatable bonds is 9. The Balaban J connectivity index is 0.00000109. The Kier molecular flexibility index (Phi) is 13.6.